The lowest BCUT2D eigenvalue weighted by molar-refractivity contribution is -0.129. The Morgan fingerprint density at radius 1 is 0.950 bits per heavy atom. The number of amides is 2. The van der Waals surface area contributed by atoms with Gasteiger partial charge in [-0.15, -0.1) is 0 Å². The molecule has 1 saturated heterocycles. The summed E-state index contributed by atoms with van der Waals surface area (Å²) in [5, 5.41) is 18.0. The second kappa shape index (κ2) is 15.8. The Kier molecular flexibility index (Phi) is 11.9. The number of carbonyl (C=O) groups is 2. The van der Waals surface area contributed by atoms with Crippen LogP contribution in [0.1, 0.15) is 68.9 Å². The highest BCUT2D eigenvalue weighted by atomic mass is 16.5. The molecule has 3 atom stereocenters. The molecule has 3 N–H and O–H groups in total. The fourth-order valence-corrected chi connectivity index (χ4v) is 5.92. The van der Waals surface area contributed by atoms with Crippen LogP contribution < -0.4 is 15.4 Å². The zero-order valence-electron chi connectivity index (χ0n) is 23.9. The van der Waals surface area contributed by atoms with Crippen LogP contribution in [0, 0.1) is 18.8 Å². The number of ether oxygens (including phenoxy) is 2. The smallest absolute Gasteiger partial charge is 0.223 e. The van der Waals surface area contributed by atoms with Gasteiger partial charge in [0.25, 0.3) is 0 Å². The lowest BCUT2D eigenvalue weighted by atomic mass is 9.80. The van der Waals surface area contributed by atoms with Gasteiger partial charge in [0.2, 0.25) is 11.8 Å². The zero-order valence-corrected chi connectivity index (χ0v) is 23.9. The van der Waals surface area contributed by atoms with Crippen molar-refractivity contribution in [2.24, 2.45) is 11.8 Å². The number of aliphatic hydroxyl groups is 1. The minimum Gasteiger partial charge on any atom is -0.493 e. The Morgan fingerprint density at radius 3 is 2.35 bits per heavy atom. The third-order valence-corrected chi connectivity index (χ3v) is 8.36. The molecular formula is C33H46N2O5. The Bertz CT molecular complexity index is 1030. The summed E-state index contributed by atoms with van der Waals surface area (Å²) in [6, 6.07) is 17.1. The van der Waals surface area contributed by atoms with E-state index in [2.05, 4.69) is 10.6 Å². The van der Waals surface area contributed by atoms with Gasteiger partial charge in [-0.05, 0) is 69.1 Å². The van der Waals surface area contributed by atoms with E-state index in [0.717, 1.165) is 55.4 Å². The van der Waals surface area contributed by atoms with E-state index in [1.165, 1.54) is 6.42 Å². The molecule has 40 heavy (non-hydrogen) atoms. The summed E-state index contributed by atoms with van der Waals surface area (Å²) in [4.78, 5) is 26.2. The molecule has 2 fully saturated rings. The Hall–Kier alpha value is -2.90. The summed E-state index contributed by atoms with van der Waals surface area (Å²) in [5.74, 6) is 0.943. The lowest BCUT2D eigenvalue weighted by Crippen LogP contribution is -2.51. The van der Waals surface area contributed by atoms with Crippen LogP contribution in [0.2, 0.25) is 0 Å². The van der Waals surface area contributed by atoms with Crippen molar-refractivity contribution in [1.82, 2.24) is 10.6 Å². The van der Waals surface area contributed by atoms with Gasteiger partial charge in [0.1, 0.15) is 5.75 Å². The molecule has 0 radical (unpaired) electrons. The van der Waals surface area contributed by atoms with E-state index in [0.29, 0.717) is 32.0 Å². The molecule has 7 nitrogen and oxygen atoms in total. The summed E-state index contributed by atoms with van der Waals surface area (Å²) >= 11 is 0. The van der Waals surface area contributed by atoms with Crippen molar-refractivity contribution in [3.05, 3.63) is 65.7 Å². The topological polar surface area (TPSA) is 96.9 Å². The van der Waals surface area contributed by atoms with Gasteiger partial charge < -0.3 is 25.2 Å². The van der Waals surface area contributed by atoms with E-state index in [9.17, 15) is 14.7 Å². The largest absolute Gasteiger partial charge is 0.493 e. The summed E-state index contributed by atoms with van der Waals surface area (Å²) in [6.07, 6.45) is 7.42. The quantitative estimate of drug-likeness (QED) is 0.335. The molecule has 2 unspecified atom stereocenters. The maximum absolute atomic E-state index is 13.2. The van der Waals surface area contributed by atoms with Gasteiger partial charge in [0, 0.05) is 25.2 Å². The van der Waals surface area contributed by atoms with Crippen molar-refractivity contribution < 1.29 is 24.2 Å². The molecule has 1 aliphatic carbocycles. The Balaban J connectivity index is 1.40. The maximum Gasteiger partial charge on any atom is 0.223 e. The minimum absolute atomic E-state index is 0.0367. The van der Waals surface area contributed by atoms with E-state index in [4.69, 9.17) is 9.47 Å². The van der Waals surface area contributed by atoms with E-state index in [1.807, 2.05) is 61.5 Å². The number of hydrogen-bond acceptors (Lipinski definition) is 5. The normalized spacial score (nSPS) is 18.9. The monoisotopic (exact) mass is 550 g/mol. The van der Waals surface area contributed by atoms with Gasteiger partial charge in [-0.25, -0.2) is 0 Å². The minimum atomic E-state index is -0.802. The fraction of sp³-hybridized carbons (Fsp3) is 0.576. The van der Waals surface area contributed by atoms with E-state index in [-0.39, 0.29) is 36.8 Å². The second-order valence-corrected chi connectivity index (χ2v) is 11.5. The maximum atomic E-state index is 13.2. The van der Waals surface area contributed by atoms with Crippen molar-refractivity contribution in [1.29, 1.82) is 0 Å². The fourth-order valence-electron chi connectivity index (χ4n) is 5.92. The van der Waals surface area contributed by atoms with Crippen LogP contribution >= 0.6 is 0 Å². The molecule has 1 saturated carbocycles. The average Bonchev–Trinajstić information content (AvgIpc) is 2.99. The SMILES string of the molecule is Cc1ccc(OCCC(=O)NC(Cc2ccccc2)[C@@H](O)CC(NC(=O)C2CCOCC2)C2CCCCC2)cc1. The summed E-state index contributed by atoms with van der Waals surface area (Å²) in [6.45, 7) is 3.51. The molecular weight excluding hydrogens is 504 g/mol. The number of hydrogen-bond donors (Lipinski definition) is 3. The molecule has 0 bridgehead atoms. The first-order valence-corrected chi connectivity index (χ1v) is 15.1. The number of aryl methyl sites for hydroxylation is 1. The van der Waals surface area contributed by atoms with Crippen molar-refractivity contribution in [3.8, 4) is 5.75 Å². The number of nitrogens with one attached hydrogen (secondary N) is 2. The molecule has 4 rings (SSSR count). The first-order valence-electron chi connectivity index (χ1n) is 15.1. The van der Waals surface area contributed by atoms with Crippen LogP contribution in [0.3, 0.4) is 0 Å². The molecule has 218 valence electrons. The van der Waals surface area contributed by atoms with Crippen molar-refractivity contribution in [2.45, 2.75) is 89.3 Å². The van der Waals surface area contributed by atoms with Crippen molar-refractivity contribution in [2.75, 3.05) is 19.8 Å². The predicted molar refractivity (Wildman–Crippen MR) is 156 cm³/mol. The Labute approximate surface area is 239 Å². The van der Waals surface area contributed by atoms with Crippen molar-refractivity contribution in [3.63, 3.8) is 0 Å². The molecule has 1 aliphatic heterocycles. The summed E-state index contributed by atoms with van der Waals surface area (Å²) < 4.78 is 11.2. The van der Waals surface area contributed by atoms with E-state index < -0.39 is 12.1 Å². The molecule has 2 aromatic rings. The summed E-state index contributed by atoms with van der Waals surface area (Å²) in [7, 11) is 0. The molecule has 2 amide bonds. The molecule has 1 heterocycles. The first kappa shape index (κ1) is 30.1. The summed E-state index contributed by atoms with van der Waals surface area (Å²) in [5.41, 5.74) is 2.20. The number of aliphatic hydroxyl groups excluding tert-OH is 1. The molecule has 0 aromatic heterocycles. The first-order chi connectivity index (χ1) is 19.5. The second-order valence-electron chi connectivity index (χ2n) is 11.5. The van der Waals surface area contributed by atoms with Crippen LogP contribution in [-0.2, 0) is 20.7 Å². The van der Waals surface area contributed by atoms with Gasteiger partial charge in [0.15, 0.2) is 0 Å². The standard InChI is InChI=1S/C33H46N2O5/c1-24-12-14-28(15-13-24)40-21-18-32(37)34-30(22-25-8-4-2-5-9-25)31(36)23-29(26-10-6-3-7-11-26)35-33(38)27-16-19-39-20-17-27/h2,4-5,8-9,12-15,26-27,29-31,36H,3,6-7,10-11,16-23H2,1H3,(H,34,37)(H,35,38)/t29?,30?,31-/m0/s1. The van der Waals surface area contributed by atoms with Crippen LogP contribution in [0.15, 0.2) is 54.6 Å². The van der Waals surface area contributed by atoms with Crippen LogP contribution in [0.4, 0.5) is 0 Å². The molecule has 2 aromatic carbocycles. The third kappa shape index (κ3) is 9.63. The lowest BCUT2D eigenvalue weighted by Gasteiger charge is -2.35. The number of benzene rings is 2. The van der Waals surface area contributed by atoms with Crippen LogP contribution in [0.5, 0.6) is 5.75 Å². The molecule has 7 heteroatoms. The van der Waals surface area contributed by atoms with Gasteiger partial charge in [-0.2, -0.15) is 0 Å². The number of rotatable bonds is 13. The van der Waals surface area contributed by atoms with Gasteiger partial charge >= 0.3 is 0 Å². The van der Waals surface area contributed by atoms with Crippen molar-refractivity contribution >= 4 is 11.8 Å². The zero-order chi connectivity index (χ0) is 28.2. The molecule has 2 aliphatic rings. The highest BCUT2D eigenvalue weighted by Crippen LogP contribution is 2.30. The van der Waals surface area contributed by atoms with Crippen LogP contribution in [-0.4, -0.2) is 54.9 Å². The Morgan fingerprint density at radius 2 is 1.65 bits per heavy atom. The van der Waals surface area contributed by atoms with Gasteiger partial charge in [0.05, 0.1) is 25.2 Å². The predicted octanol–water partition coefficient (Wildman–Crippen LogP) is 4.73. The third-order valence-electron chi connectivity index (χ3n) is 8.36. The highest BCUT2D eigenvalue weighted by molar-refractivity contribution is 5.79. The van der Waals surface area contributed by atoms with Gasteiger partial charge in [-0.1, -0.05) is 67.3 Å². The van der Waals surface area contributed by atoms with E-state index in [1.54, 1.807) is 0 Å². The highest BCUT2D eigenvalue weighted by Gasteiger charge is 2.33. The van der Waals surface area contributed by atoms with Crippen LogP contribution in [0.25, 0.3) is 0 Å². The average molecular weight is 551 g/mol. The molecule has 0 spiro atoms. The van der Waals surface area contributed by atoms with Gasteiger partial charge in [-0.3, -0.25) is 9.59 Å². The van der Waals surface area contributed by atoms with E-state index >= 15 is 0 Å². The number of carbonyl (C=O) groups excluding carboxylic acids is 2.